The Morgan fingerprint density at radius 1 is 1.16 bits per heavy atom. The van der Waals surface area contributed by atoms with Crippen LogP contribution in [-0.4, -0.2) is 31.2 Å². The molecule has 0 unspecified atom stereocenters. The molecule has 0 spiro atoms. The van der Waals surface area contributed by atoms with E-state index in [1.165, 1.54) is 6.21 Å². The number of benzene rings is 2. The Labute approximate surface area is 150 Å². The third-order valence-electron chi connectivity index (χ3n) is 3.14. The van der Waals surface area contributed by atoms with E-state index in [-0.39, 0.29) is 12.5 Å². The van der Waals surface area contributed by atoms with Crippen LogP contribution in [0.3, 0.4) is 0 Å². The van der Waals surface area contributed by atoms with Gasteiger partial charge in [-0.15, -0.1) is 0 Å². The van der Waals surface area contributed by atoms with E-state index in [9.17, 15) is 9.59 Å². The Bertz CT molecular complexity index is 760. The van der Waals surface area contributed by atoms with Gasteiger partial charge in [0.15, 0.2) is 0 Å². The Hall–Kier alpha value is -2.86. The minimum absolute atomic E-state index is 0.189. The molecule has 0 radical (unpaired) electrons. The van der Waals surface area contributed by atoms with Gasteiger partial charge in [0.05, 0.1) is 19.4 Å². The highest BCUT2D eigenvalue weighted by Crippen LogP contribution is 2.12. The zero-order chi connectivity index (χ0) is 18.1. The number of rotatable bonds is 7. The summed E-state index contributed by atoms with van der Waals surface area (Å²) in [5.41, 5.74) is 3.45. The highest BCUT2D eigenvalue weighted by atomic mass is 35.5. The monoisotopic (exact) mass is 359 g/mol. The number of carbonyl (C=O) groups is 2. The van der Waals surface area contributed by atoms with Crippen molar-refractivity contribution in [2.75, 3.05) is 13.2 Å². The summed E-state index contributed by atoms with van der Waals surface area (Å²) in [5, 5.41) is 6.86. The number of hydrogen-bond acceptors (Lipinski definition) is 4. The highest BCUT2D eigenvalue weighted by molar-refractivity contribution is 6.33. The van der Waals surface area contributed by atoms with Crippen molar-refractivity contribution in [3.8, 4) is 5.75 Å². The van der Waals surface area contributed by atoms with Gasteiger partial charge in [0, 0.05) is 16.1 Å². The highest BCUT2D eigenvalue weighted by Gasteiger charge is 2.07. The fourth-order valence-electron chi connectivity index (χ4n) is 1.92. The molecule has 130 valence electrons. The molecule has 2 N–H and O–H groups in total. The quantitative estimate of drug-likeness (QED) is 0.589. The molecular formula is C18H18ClN3O3. The summed E-state index contributed by atoms with van der Waals surface area (Å²) in [4.78, 5) is 23.7. The van der Waals surface area contributed by atoms with Crippen LogP contribution in [0.5, 0.6) is 5.75 Å². The molecule has 0 bridgehead atoms. The van der Waals surface area contributed by atoms with Gasteiger partial charge in [-0.2, -0.15) is 5.10 Å². The second-order valence-corrected chi connectivity index (χ2v) is 5.36. The molecule has 7 heteroatoms. The number of halogens is 1. The lowest BCUT2D eigenvalue weighted by atomic mass is 10.2. The van der Waals surface area contributed by atoms with E-state index in [1.807, 2.05) is 13.0 Å². The molecule has 0 saturated heterocycles. The first-order chi connectivity index (χ1) is 12.1. The van der Waals surface area contributed by atoms with Crippen molar-refractivity contribution in [2.45, 2.75) is 6.92 Å². The summed E-state index contributed by atoms with van der Waals surface area (Å²) in [6.07, 6.45) is 1.44. The Kier molecular flexibility index (Phi) is 6.98. The molecule has 0 fully saturated rings. The SMILES string of the molecule is CCOc1ccc(C(=O)NCC(=O)N/N=C\c2ccccc2Cl)cc1. The molecule has 2 aromatic carbocycles. The van der Waals surface area contributed by atoms with Gasteiger partial charge in [0.25, 0.3) is 11.8 Å². The smallest absolute Gasteiger partial charge is 0.259 e. The fraction of sp³-hybridized carbons (Fsp3) is 0.167. The van der Waals surface area contributed by atoms with Gasteiger partial charge in [-0.3, -0.25) is 9.59 Å². The molecule has 2 rings (SSSR count). The lowest BCUT2D eigenvalue weighted by Crippen LogP contribution is -2.34. The van der Waals surface area contributed by atoms with Crippen LogP contribution < -0.4 is 15.5 Å². The molecule has 0 aliphatic rings. The maximum Gasteiger partial charge on any atom is 0.259 e. The third kappa shape index (κ3) is 5.93. The third-order valence-corrected chi connectivity index (χ3v) is 3.48. The van der Waals surface area contributed by atoms with Gasteiger partial charge in [0.1, 0.15) is 5.75 Å². The van der Waals surface area contributed by atoms with Gasteiger partial charge in [-0.05, 0) is 37.3 Å². The number of nitrogens with one attached hydrogen (secondary N) is 2. The normalized spacial score (nSPS) is 10.5. The summed E-state index contributed by atoms with van der Waals surface area (Å²) >= 11 is 5.97. The van der Waals surface area contributed by atoms with E-state index in [1.54, 1.807) is 42.5 Å². The lowest BCUT2D eigenvalue weighted by Gasteiger charge is -2.06. The molecule has 25 heavy (non-hydrogen) atoms. The average molecular weight is 360 g/mol. The largest absolute Gasteiger partial charge is 0.494 e. The lowest BCUT2D eigenvalue weighted by molar-refractivity contribution is -0.120. The van der Waals surface area contributed by atoms with Gasteiger partial charge in [0.2, 0.25) is 0 Å². The Morgan fingerprint density at radius 2 is 1.88 bits per heavy atom. The Morgan fingerprint density at radius 3 is 2.56 bits per heavy atom. The first-order valence-electron chi connectivity index (χ1n) is 7.67. The van der Waals surface area contributed by atoms with Crippen LogP contribution in [0.2, 0.25) is 5.02 Å². The van der Waals surface area contributed by atoms with E-state index in [2.05, 4.69) is 15.8 Å². The summed E-state index contributed by atoms with van der Waals surface area (Å²) in [7, 11) is 0. The molecule has 0 saturated carbocycles. The van der Waals surface area contributed by atoms with Crippen molar-refractivity contribution < 1.29 is 14.3 Å². The van der Waals surface area contributed by atoms with Gasteiger partial charge in [-0.25, -0.2) is 5.43 Å². The minimum atomic E-state index is -0.442. The van der Waals surface area contributed by atoms with Crippen LogP contribution in [0.15, 0.2) is 53.6 Å². The molecule has 0 atom stereocenters. The van der Waals surface area contributed by atoms with Crippen LogP contribution in [0, 0.1) is 0 Å². The molecule has 0 heterocycles. The van der Waals surface area contributed by atoms with Gasteiger partial charge >= 0.3 is 0 Å². The standard InChI is InChI=1S/C18H18ClN3O3/c1-2-25-15-9-7-13(8-10-15)18(24)20-12-17(23)22-21-11-14-5-3-4-6-16(14)19/h3-11H,2,12H2,1H3,(H,20,24)(H,22,23)/b21-11-. The van der Waals surface area contributed by atoms with Crippen molar-refractivity contribution >= 4 is 29.6 Å². The average Bonchev–Trinajstić information content (AvgIpc) is 2.62. The molecule has 2 amide bonds. The molecule has 2 aromatic rings. The van der Waals surface area contributed by atoms with Crippen LogP contribution in [-0.2, 0) is 4.79 Å². The van der Waals surface area contributed by atoms with E-state index in [4.69, 9.17) is 16.3 Å². The number of amides is 2. The van der Waals surface area contributed by atoms with Gasteiger partial charge < -0.3 is 10.1 Å². The molecular weight excluding hydrogens is 342 g/mol. The van der Waals surface area contributed by atoms with Crippen molar-refractivity contribution in [2.24, 2.45) is 5.10 Å². The maximum absolute atomic E-state index is 12.0. The second kappa shape index (κ2) is 9.44. The Balaban J connectivity index is 1.79. The molecule has 0 aliphatic carbocycles. The molecule has 6 nitrogen and oxygen atoms in total. The summed E-state index contributed by atoms with van der Waals surface area (Å²) in [6.45, 7) is 2.25. The zero-order valence-electron chi connectivity index (χ0n) is 13.7. The summed E-state index contributed by atoms with van der Waals surface area (Å²) < 4.78 is 5.31. The second-order valence-electron chi connectivity index (χ2n) is 4.95. The number of ether oxygens (including phenoxy) is 1. The predicted octanol–water partition coefficient (Wildman–Crippen LogP) is 2.62. The first-order valence-corrected chi connectivity index (χ1v) is 8.05. The van der Waals surface area contributed by atoms with Crippen LogP contribution in [0.1, 0.15) is 22.8 Å². The van der Waals surface area contributed by atoms with Crippen molar-refractivity contribution in [1.82, 2.24) is 10.7 Å². The van der Waals surface area contributed by atoms with Crippen LogP contribution in [0.4, 0.5) is 0 Å². The minimum Gasteiger partial charge on any atom is -0.494 e. The fourth-order valence-corrected chi connectivity index (χ4v) is 2.11. The number of hydrazone groups is 1. The van der Waals surface area contributed by atoms with Crippen molar-refractivity contribution in [1.29, 1.82) is 0 Å². The van der Waals surface area contributed by atoms with Crippen molar-refractivity contribution in [3.63, 3.8) is 0 Å². The van der Waals surface area contributed by atoms with Crippen LogP contribution >= 0.6 is 11.6 Å². The summed E-state index contributed by atoms with van der Waals surface area (Å²) in [6, 6.07) is 13.8. The van der Waals surface area contributed by atoms with Crippen LogP contribution in [0.25, 0.3) is 0 Å². The molecule has 0 aliphatic heterocycles. The number of carbonyl (C=O) groups excluding carboxylic acids is 2. The van der Waals surface area contributed by atoms with E-state index in [0.29, 0.717) is 28.5 Å². The molecule has 0 aromatic heterocycles. The topological polar surface area (TPSA) is 79.8 Å². The summed E-state index contributed by atoms with van der Waals surface area (Å²) in [5.74, 6) is -0.110. The van der Waals surface area contributed by atoms with Gasteiger partial charge in [-0.1, -0.05) is 29.8 Å². The van der Waals surface area contributed by atoms with E-state index < -0.39 is 5.91 Å². The zero-order valence-corrected chi connectivity index (χ0v) is 14.4. The predicted molar refractivity (Wildman–Crippen MR) is 97.1 cm³/mol. The first kappa shape index (κ1) is 18.5. The maximum atomic E-state index is 12.0. The van der Waals surface area contributed by atoms with E-state index in [0.717, 1.165) is 0 Å². The number of hydrogen-bond donors (Lipinski definition) is 2. The van der Waals surface area contributed by atoms with E-state index >= 15 is 0 Å². The van der Waals surface area contributed by atoms with Crippen molar-refractivity contribution in [3.05, 3.63) is 64.7 Å². The number of nitrogens with zero attached hydrogens (tertiary/aromatic N) is 1.